The van der Waals surface area contributed by atoms with E-state index < -0.39 is 0 Å². The molecule has 0 aromatic heterocycles. The highest BCUT2D eigenvalue weighted by Gasteiger charge is 2.10. The topological polar surface area (TPSA) is 56.8 Å². The molecule has 0 bridgehead atoms. The number of ether oxygens (including phenoxy) is 3. The van der Waals surface area contributed by atoms with Gasteiger partial charge in [0.15, 0.2) is 11.5 Å². The number of benzene rings is 2. The van der Waals surface area contributed by atoms with Gasteiger partial charge in [0.05, 0.1) is 20.3 Å². The Hall–Kier alpha value is -2.69. The number of amides is 1. The number of hydrogen-bond acceptors (Lipinski definition) is 4. The van der Waals surface area contributed by atoms with Crippen molar-refractivity contribution in [3.05, 3.63) is 53.6 Å². The summed E-state index contributed by atoms with van der Waals surface area (Å²) in [5.41, 5.74) is 2.19. The van der Waals surface area contributed by atoms with Gasteiger partial charge in [0, 0.05) is 6.42 Å². The Morgan fingerprint density at radius 3 is 2.38 bits per heavy atom. The van der Waals surface area contributed by atoms with Crippen molar-refractivity contribution in [2.24, 2.45) is 0 Å². The largest absolute Gasteiger partial charge is 0.496 e. The zero-order valence-electron chi connectivity index (χ0n) is 15.9. The lowest BCUT2D eigenvalue weighted by Crippen LogP contribution is -2.36. The predicted octanol–water partition coefficient (Wildman–Crippen LogP) is 3.53. The van der Waals surface area contributed by atoms with Gasteiger partial charge in [-0.15, -0.1) is 0 Å². The van der Waals surface area contributed by atoms with Gasteiger partial charge >= 0.3 is 0 Å². The summed E-state index contributed by atoms with van der Waals surface area (Å²) in [7, 11) is 3.26. The van der Waals surface area contributed by atoms with Crippen LogP contribution in [0, 0.1) is 6.92 Å². The van der Waals surface area contributed by atoms with E-state index in [2.05, 4.69) is 11.4 Å². The number of nitrogens with one attached hydrogen (secondary N) is 1. The standard InChI is InChI=1S/C21H27NO4/c1-15-13-17(9-11-18(15)24-3)10-12-21(23)22-16(2)14-26-20-8-6-5-7-19(20)25-4/h5-9,11,13,16H,10,12,14H2,1-4H3,(H,22,23). The molecule has 1 amide bonds. The third-order valence-corrected chi connectivity index (χ3v) is 4.07. The van der Waals surface area contributed by atoms with Crippen LogP contribution in [0.4, 0.5) is 0 Å². The van der Waals surface area contributed by atoms with Crippen molar-refractivity contribution in [1.29, 1.82) is 0 Å². The fourth-order valence-corrected chi connectivity index (χ4v) is 2.70. The van der Waals surface area contributed by atoms with E-state index in [0.717, 1.165) is 16.9 Å². The number of aryl methyl sites for hydroxylation is 2. The summed E-state index contributed by atoms with van der Waals surface area (Å²) in [5.74, 6) is 2.22. The Morgan fingerprint density at radius 2 is 1.73 bits per heavy atom. The normalized spacial score (nSPS) is 11.5. The molecule has 2 aromatic carbocycles. The van der Waals surface area contributed by atoms with Crippen molar-refractivity contribution in [2.45, 2.75) is 32.7 Å². The maximum Gasteiger partial charge on any atom is 0.220 e. The first-order chi connectivity index (χ1) is 12.5. The second kappa shape index (κ2) is 9.70. The highest BCUT2D eigenvalue weighted by atomic mass is 16.5. The van der Waals surface area contributed by atoms with E-state index in [1.807, 2.05) is 50.2 Å². The van der Waals surface area contributed by atoms with Crippen molar-refractivity contribution in [1.82, 2.24) is 5.32 Å². The average molecular weight is 357 g/mol. The summed E-state index contributed by atoms with van der Waals surface area (Å²) in [6.45, 7) is 4.30. The van der Waals surface area contributed by atoms with E-state index in [4.69, 9.17) is 14.2 Å². The molecule has 0 saturated carbocycles. The van der Waals surface area contributed by atoms with E-state index in [1.165, 1.54) is 0 Å². The van der Waals surface area contributed by atoms with Crippen LogP contribution in [0.1, 0.15) is 24.5 Å². The van der Waals surface area contributed by atoms with E-state index in [9.17, 15) is 4.79 Å². The number of methoxy groups -OCH3 is 2. The van der Waals surface area contributed by atoms with Crippen LogP contribution in [0.2, 0.25) is 0 Å². The minimum Gasteiger partial charge on any atom is -0.496 e. The van der Waals surface area contributed by atoms with Gasteiger partial charge < -0.3 is 19.5 Å². The third-order valence-electron chi connectivity index (χ3n) is 4.07. The number of rotatable bonds is 9. The van der Waals surface area contributed by atoms with E-state index in [1.54, 1.807) is 14.2 Å². The Morgan fingerprint density at radius 1 is 1.04 bits per heavy atom. The molecule has 0 aliphatic heterocycles. The van der Waals surface area contributed by atoms with Crippen molar-refractivity contribution < 1.29 is 19.0 Å². The van der Waals surface area contributed by atoms with Crippen LogP contribution >= 0.6 is 0 Å². The molecule has 0 spiro atoms. The lowest BCUT2D eigenvalue weighted by Gasteiger charge is -2.16. The summed E-state index contributed by atoms with van der Waals surface area (Å²) < 4.78 is 16.2. The Balaban J connectivity index is 1.77. The van der Waals surface area contributed by atoms with Crippen LogP contribution in [-0.4, -0.2) is 32.8 Å². The number of para-hydroxylation sites is 2. The van der Waals surface area contributed by atoms with Crippen LogP contribution in [0.5, 0.6) is 17.2 Å². The molecule has 5 nitrogen and oxygen atoms in total. The lowest BCUT2D eigenvalue weighted by molar-refractivity contribution is -0.121. The Labute approximate surface area is 155 Å². The maximum atomic E-state index is 12.2. The van der Waals surface area contributed by atoms with Crippen LogP contribution in [0.15, 0.2) is 42.5 Å². The summed E-state index contributed by atoms with van der Waals surface area (Å²) in [4.78, 5) is 12.2. The van der Waals surface area contributed by atoms with Gasteiger partial charge in [0.25, 0.3) is 0 Å². The SMILES string of the molecule is COc1ccc(CCC(=O)NC(C)COc2ccccc2OC)cc1C. The molecule has 0 saturated heterocycles. The minimum atomic E-state index is -0.0926. The molecular weight excluding hydrogens is 330 g/mol. The monoisotopic (exact) mass is 357 g/mol. The van der Waals surface area contributed by atoms with Gasteiger partial charge in [-0.25, -0.2) is 0 Å². The lowest BCUT2D eigenvalue weighted by atomic mass is 10.1. The number of carbonyl (C=O) groups excluding carboxylic acids is 1. The van der Waals surface area contributed by atoms with Crippen molar-refractivity contribution in [2.75, 3.05) is 20.8 Å². The highest BCUT2D eigenvalue weighted by molar-refractivity contribution is 5.76. The predicted molar refractivity (Wildman–Crippen MR) is 102 cm³/mol. The van der Waals surface area contributed by atoms with Crippen molar-refractivity contribution >= 4 is 5.91 Å². The summed E-state index contributed by atoms with van der Waals surface area (Å²) in [6, 6.07) is 13.4. The second-order valence-electron chi connectivity index (χ2n) is 6.23. The molecule has 26 heavy (non-hydrogen) atoms. The molecule has 5 heteroatoms. The quantitative estimate of drug-likeness (QED) is 0.746. The van der Waals surface area contributed by atoms with Crippen molar-refractivity contribution in [3.63, 3.8) is 0 Å². The van der Waals surface area contributed by atoms with Gasteiger partial charge in [-0.2, -0.15) is 0 Å². The molecule has 0 aliphatic rings. The Kier molecular flexibility index (Phi) is 7.33. The van der Waals surface area contributed by atoms with Crippen LogP contribution < -0.4 is 19.5 Å². The number of carbonyl (C=O) groups is 1. The van der Waals surface area contributed by atoms with Crippen LogP contribution in [-0.2, 0) is 11.2 Å². The zero-order chi connectivity index (χ0) is 18.9. The molecular formula is C21H27NO4. The summed E-state index contributed by atoms with van der Waals surface area (Å²) >= 11 is 0. The Bertz CT molecular complexity index is 730. The van der Waals surface area contributed by atoms with Crippen LogP contribution in [0.3, 0.4) is 0 Å². The van der Waals surface area contributed by atoms with Gasteiger partial charge in [-0.1, -0.05) is 24.3 Å². The summed E-state index contributed by atoms with van der Waals surface area (Å²) in [6.07, 6.45) is 1.13. The maximum absolute atomic E-state index is 12.2. The smallest absolute Gasteiger partial charge is 0.220 e. The molecule has 1 N–H and O–H groups in total. The number of hydrogen-bond donors (Lipinski definition) is 1. The molecule has 0 heterocycles. The minimum absolute atomic E-state index is 0.00889. The van der Waals surface area contributed by atoms with Gasteiger partial charge in [0.1, 0.15) is 12.4 Å². The van der Waals surface area contributed by atoms with E-state index in [-0.39, 0.29) is 11.9 Å². The van der Waals surface area contributed by atoms with Gasteiger partial charge in [-0.3, -0.25) is 4.79 Å². The van der Waals surface area contributed by atoms with E-state index in [0.29, 0.717) is 30.9 Å². The van der Waals surface area contributed by atoms with Crippen LogP contribution in [0.25, 0.3) is 0 Å². The third kappa shape index (κ3) is 5.69. The molecule has 2 rings (SSSR count). The first-order valence-corrected chi connectivity index (χ1v) is 8.72. The fourth-order valence-electron chi connectivity index (χ4n) is 2.70. The molecule has 1 atom stereocenters. The van der Waals surface area contributed by atoms with Gasteiger partial charge in [-0.05, 0) is 49.6 Å². The van der Waals surface area contributed by atoms with Gasteiger partial charge in [0.2, 0.25) is 5.91 Å². The zero-order valence-corrected chi connectivity index (χ0v) is 15.9. The first kappa shape index (κ1) is 19.6. The molecule has 1 unspecified atom stereocenters. The molecule has 2 aromatic rings. The fraction of sp³-hybridized carbons (Fsp3) is 0.381. The first-order valence-electron chi connectivity index (χ1n) is 8.72. The second-order valence-corrected chi connectivity index (χ2v) is 6.23. The molecule has 0 aliphatic carbocycles. The highest BCUT2D eigenvalue weighted by Crippen LogP contribution is 2.25. The van der Waals surface area contributed by atoms with E-state index >= 15 is 0 Å². The molecule has 0 fully saturated rings. The molecule has 140 valence electrons. The van der Waals surface area contributed by atoms with Crippen molar-refractivity contribution in [3.8, 4) is 17.2 Å². The average Bonchev–Trinajstić information content (AvgIpc) is 2.65. The molecule has 0 radical (unpaired) electrons. The summed E-state index contributed by atoms with van der Waals surface area (Å²) in [5, 5.41) is 2.97.